The lowest BCUT2D eigenvalue weighted by Gasteiger charge is -2.24. The lowest BCUT2D eigenvalue weighted by Crippen LogP contribution is -2.46. The molecular formula is C8H15NO3. The lowest BCUT2D eigenvalue weighted by atomic mass is 10.1. The molecule has 1 rings (SSSR count). The molecular weight excluding hydrogens is 158 g/mol. The first-order chi connectivity index (χ1) is 5.43. The minimum absolute atomic E-state index is 0.201. The van der Waals surface area contributed by atoms with Gasteiger partial charge >= 0.3 is 5.97 Å². The van der Waals surface area contributed by atoms with Crippen molar-refractivity contribution in [3.8, 4) is 0 Å². The van der Waals surface area contributed by atoms with Gasteiger partial charge in [0.05, 0.1) is 0 Å². The maximum absolute atomic E-state index is 10.5. The van der Waals surface area contributed by atoms with Crippen LogP contribution in [0.2, 0.25) is 0 Å². The van der Waals surface area contributed by atoms with Crippen molar-refractivity contribution in [1.29, 1.82) is 0 Å². The maximum atomic E-state index is 10.5. The van der Waals surface area contributed by atoms with Gasteiger partial charge in [-0.05, 0) is 26.8 Å². The summed E-state index contributed by atoms with van der Waals surface area (Å²) in [7, 11) is 1.84. The van der Waals surface area contributed by atoms with Gasteiger partial charge in [-0.2, -0.15) is 0 Å². The van der Waals surface area contributed by atoms with Crippen LogP contribution in [0.25, 0.3) is 0 Å². The van der Waals surface area contributed by atoms with Gasteiger partial charge in [-0.25, -0.2) is 4.79 Å². The van der Waals surface area contributed by atoms with Gasteiger partial charge < -0.3 is 10.2 Å². The largest absolute Gasteiger partial charge is 0.479 e. The van der Waals surface area contributed by atoms with E-state index in [1.165, 1.54) is 6.92 Å². The summed E-state index contributed by atoms with van der Waals surface area (Å²) in [5.74, 6) is -1.16. The highest BCUT2D eigenvalue weighted by Gasteiger charge is 2.36. The lowest BCUT2D eigenvalue weighted by molar-refractivity contribution is -0.158. The van der Waals surface area contributed by atoms with E-state index in [9.17, 15) is 9.90 Å². The van der Waals surface area contributed by atoms with Crippen LogP contribution in [0, 0.1) is 0 Å². The van der Waals surface area contributed by atoms with Crippen LogP contribution in [0.4, 0.5) is 0 Å². The molecule has 0 spiro atoms. The number of hydrogen-bond donors (Lipinski definition) is 2. The number of rotatable bonds is 4. The number of carbonyl (C=O) groups is 1. The van der Waals surface area contributed by atoms with Crippen molar-refractivity contribution in [3.63, 3.8) is 0 Å². The Morgan fingerprint density at radius 1 is 1.67 bits per heavy atom. The highest BCUT2D eigenvalue weighted by atomic mass is 16.4. The molecule has 0 radical (unpaired) electrons. The summed E-state index contributed by atoms with van der Waals surface area (Å²) in [5.41, 5.74) is -1.61. The van der Waals surface area contributed by atoms with Crippen molar-refractivity contribution in [2.75, 3.05) is 13.6 Å². The first kappa shape index (κ1) is 9.48. The molecule has 70 valence electrons. The molecule has 1 aliphatic carbocycles. The summed E-state index contributed by atoms with van der Waals surface area (Å²) >= 11 is 0. The Morgan fingerprint density at radius 3 is 2.50 bits per heavy atom. The average Bonchev–Trinajstić information content (AvgIpc) is 2.65. The molecule has 1 fully saturated rings. The molecule has 0 amide bonds. The van der Waals surface area contributed by atoms with Crippen LogP contribution in [0.15, 0.2) is 0 Å². The molecule has 0 aromatic rings. The van der Waals surface area contributed by atoms with E-state index in [0.717, 1.165) is 12.8 Å². The average molecular weight is 173 g/mol. The van der Waals surface area contributed by atoms with Gasteiger partial charge in [-0.15, -0.1) is 0 Å². The molecule has 0 aliphatic heterocycles. The second-order valence-electron chi connectivity index (χ2n) is 3.73. The zero-order valence-corrected chi connectivity index (χ0v) is 7.45. The van der Waals surface area contributed by atoms with Gasteiger partial charge in [0, 0.05) is 12.6 Å². The Bertz CT molecular complexity index is 187. The van der Waals surface area contributed by atoms with E-state index in [-0.39, 0.29) is 6.54 Å². The number of nitrogens with zero attached hydrogens (tertiary/aromatic N) is 1. The van der Waals surface area contributed by atoms with Gasteiger partial charge in [0.2, 0.25) is 0 Å². The predicted octanol–water partition coefficient (Wildman–Crippen LogP) is -0.0838. The number of aliphatic hydroxyl groups is 1. The van der Waals surface area contributed by atoms with Gasteiger partial charge in [0.1, 0.15) is 0 Å². The quantitative estimate of drug-likeness (QED) is 0.624. The molecule has 0 heterocycles. The summed E-state index contributed by atoms with van der Waals surface area (Å²) in [6.45, 7) is 1.53. The van der Waals surface area contributed by atoms with Gasteiger partial charge in [-0.1, -0.05) is 0 Å². The van der Waals surface area contributed by atoms with Gasteiger partial charge in [0.15, 0.2) is 5.60 Å². The van der Waals surface area contributed by atoms with Crippen molar-refractivity contribution in [3.05, 3.63) is 0 Å². The minimum Gasteiger partial charge on any atom is -0.479 e. The zero-order chi connectivity index (χ0) is 9.35. The summed E-state index contributed by atoms with van der Waals surface area (Å²) in [6, 6.07) is 0.482. The standard InChI is InChI=1S/C8H15NO3/c1-8(12,7(10)11)5-9(2)6-3-4-6/h6,12H,3-5H2,1-2H3,(H,10,11). The molecule has 1 atom stereocenters. The van der Waals surface area contributed by atoms with Crippen LogP contribution < -0.4 is 0 Å². The van der Waals surface area contributed by atoms with Crippen LogP contribution >= 0.6 is 0 Å². The number of likely N-dealkylation sites (N-methyl/N-ethyl adjacent to an activating group) is 1. The van der Waals surface area contributed by atoms with Crippen LogP contribution in [0.5, 0.6) is 0 Å². The summed E-state index contributed by atoms with van der Waals surface area (Å²) in [6.07, 6.45) is 2.23. The third-order valence-electron chi connectivity index (χ3n) is 2.19. The number of hydrogen-bond acceptors (Lipinski definition) is 3. The summed E-state index contributed by atoms with van der Waals surface area (Å²) < 4.78 is 0. The second kappa shape index (κ2) is 3.03. The van der Waals surface area contributed by atoms with Crippen LogP contribution in [-0.4, -0.2) is 46.3 Å². The first-order valence-electron chi connectivity index (χ1n) is 4.09. The monoisotopic (exact) mass is 173 g/mol. The topological polar surface area (TPSA) is 60.8 Å². The smallest absolute Gasteiger partial charge is 0.336 e. The molecule has 12 heavy (non-hydrogen) atoms. The predicted molar refractivity (Wildman–Crippen MR) is 43.9 cm³/mol. The Hall–Kier alpha value is -0.610. The molecule has 0 saturated heterocycles. The molecule has 4 nitrogen and oxygen atoms in total. The van der Waals surface area contributed by atoms with Crippen LogP contribution in [0.3, 0.4) is 0 Å². The van der Waals surface area contributed by atoms with Crippen molar-refractivity contribution in [1.82, 2.24) is 4.90 Å². The molecule has 1 aliphatic rings. The normalized spacial score (nSPS) is 22.3. The fraction of sp³-hybridized carbons (Fsp3) is 0.875. The third-order valence-corrected chi connectivity index (χ3v) is 2.19. The third kappa shape index (κ3) is 2.19. The maximum Gasteiger partial charge on any atom is 0.336 e. The zero-order valence-electron chi connectivity index (χ0n) is 7.45. The van der Waals surface area contributed by atoms with Crippen molar-refractivity contribution < 1.29 is 15.0 Å². The van der Waals surface area contributed by atoms with Crippen molar-refractivity contribution in [2.24, 2.45) is 0 Å². The molecule has 0 aromatic carbocycles. The SMILES string of the molecule is CN(CC(C)(O)C(=O)O)C1CC1. The molecule has 1 saturated carbocycles. The number of carboxylic acids is 1. The van der Waals surface area contributed by atoms with E-state index >= 15 is 0 Å². The van der Waals surface area contributed by atoms with Gasteiger partial charge in [-0.3, -0.25) is 4.90 Å². The highest BCUT2D eigenvalue weighted by Crippen LogP contribution is 2.26. The van der Waals surface area contributed by atoms with E-state index in [0.29, 0.717) is 6.04 Å². The van der Waals surface area contributed by atoms with Crippen molar-refractivity contribution >= 4 is 5.97 Å². The van der Waals surface area contributed by atoms with Crippen molar-refractivity contribution in [2.45, 2.75) is 31.4 Å². The van der Waals surface area contributed by atoms with E-state index in [4.69, 9.17) is 5.11 Å². The number of carboxylic acid groups (broad SMARTS) is 1. The Labute approximate surface area is 71.8 Å². The fourth-order valence-corrected chi connectivity index (χ4v) is 1.20. The van der Waals surface area contributed by atoms with Crippen LogP contribution in [-0.2, 0) is 4.79 Å². The van der Waals surface area contributed by atoms with Crippen LogP contribution in [0.1, 0.15) is 19.8 Å². The molecule has 1 unspecified atom stereocenters. The Morgan fingerprint density at radius 2 is 2.17 bits per heavy atom. The Balaban J connectivity index is 2.42. The highest BCUT2D eigenvalue weighted by molar-refractivity contribution is 5.76. The molecule has 4 heteroatoms. The summed E-state index contributed by atoms with van der Waals surface area (Å²) in [4.78, 5) is 12.4. The molecule has 2 N–H and O–H groups in total. The number of aliphatic carboxylic acids is 1. The fourth-order valence-electron chi connectivity index (χ4n) is 1.20. The van der Waals surface area contributed by atoms with E-state index in [1.807, 2.05) is 11.9 Å². The van der Waals surface area contributed by atoms with Gasteiger partial charge in [0.25, 0.3) is 0 Å². The first-order valence-corrected chi connectivity index (χ1v) is 4.09. The molecule has 0 bridgehead atoms. The minimum atomic E-state index is -1.61. The second-order valence-corrected chi connectivity index (χ2v) is 3.73. The summed E-state index contributed by atoms with van der Waals surface area (Å²) in [5, 5.41) is 18.0. The van der Waals surface area contributed by atoms with E-state index in [2.05, 4.69) is 0 Å². The van der Waals surface area contributed by atoms with E-state index in [1.54, 1.807) is 0 Å². The van der Waals surface area contributed by atoms with E-state index < -0.39 is 11.6 Å². The molecule has 0 aromatic heterocycles. The Kier molecular flexibility index (Phi) is 2.39.